The van der Waals surface area contributed by atoms with Gasteiger partial charge in [-0.1, -0.05) is 30.3 Å². The largest absolute Gasteiger partial charge is 0.347 e. The number of hydrogen-bond donors (Lipinski definition) is 1. The lowest BCUT2D eigenvalue weighted by Crippen LogP contribution is -3.04. The minimum absolute atomic E-state index is 0.240. The second kappa shape index (κ2) is 3.37. The maximum atomic E-state index is 7.61. The lowest BCUT2D eigenvalue weighted by Gasteiger charge is -2.05. The summed E-state index contributed by atoms with van der Waals surface area (Å²) in [5.74, 6) is 0. The van der Waals surface area contributed by atoms with Crippen LogP contribution < -0.4 is 4.89 Å². The predicted octanol–water partition coefficient (Wildman–Crippen LogP) is 0.331. The maximum Gasteiger partial charge on any atom is 0.347 e. The average Bonchev–Trinajstić information content (AvgIpc) is 1.85. The van der Waals surface area contributed by atoms with Gasteiger partial charge in [0, 0.05) is 5.56 Å². The Labute approximate surface area is 63.7 Å². The van der Waals surface area contributed by atoms with E-state index in [0.29, 0.717) is 0 Å². The number of rotatable bonds is 2. The highest BCUT2D eigenvalue weighted by Gasteiger charge is 1.93. The van der Waals surface area contributed by atoms with Gasteiger partial charge in [-0.05, 0) is 0 Å². The summed E-state index contributed by atoms with van der Waals surface area (Å²) in [5, 5.41) is 0. The van der Waals surface area contributed by atoms with E-state index in [0.717, 1.165) is 6.54 Å². The van der Waals surface area contributed by atoms with Gasteiger partial charge in [-0.2, -0.15) is 0 Å². The summed E-state index contributed by atoms with van der Waals surface area (Å²) >= 11 is 0. The van der Waals surface area contributed by atoms with Crippen molar-refractivity contribution in [2.24, 2.45) is 0 Å². The molecule has 1 nitrogen and oxygen atoms in total. The SMILES string of the molecule is [3H][N+](C)(C)Cc1ccccc1. The summed E-state index contributed by atoms with van der Waals surface area (Å²) in [7, 11) is 3.74. The molecule has 0 aliphatic carbocycles. The highest BCUT2D eigenvalue weighted by molar-refractivity contribution is 5.12. The number of nitrogens with one attached hydrogen (secondary N) is 1. The molecular weight excluding hydrogens is 122 g/mol. The van der Waals surface area contributed by atoms with Crippen LogP contribution in [0.2, 0.25) is 1.41 Å². The fourth-order valence-corrected chi connectivity index (χ4v) is 0.949. The van der Waals surface area contributed by atoms with Gasteiger partial charge in [0.25, 0.3) is 0 Å². The summed E-state index contributed by atoms with van der Waals surface area (Å²) in [5.41, 5.74) is 1.22. The quantitative estimate of drug-likeness (QED) is 0.601. The topological polar surface area (TPSA) is 4.44 Å². The van der Waals surface area contributed by atoms with Crippen molar-refractivity contribution in [2.45, 2.75) is 6.54 Å². The van der Waals surface area contributed by atoms with Crippen molar-refractivity contribution in [3.8, 4) is 0 Å². The second-order valence-corrected chi connectivity index (χ2v) is 2.72. The Morgan fingerprint density at radius 3 is 2.40 bits per heavy atom. The Balaban J connectivity index is 2.66. The molecule has 0 aromatic heterocycles. The van der Waals surface area contributed by atoms with E-state index in [-0.39, 0.29) is 4.89 Å². The van der Waals surface area contributed by atoms with Crippen LogP contribution in [0.5, 0.6) is 0 Å². The second-order valence-electron chi connectivity index (χ2n) is 2.72. The molecule has 0 unspecified atom stereocenters. The zero-order chi connectivity index (χ0) is 8.32. The van der Waals surface area contributed by atoms with Crippen LogP contribution in [0.15, 0.2) is 30.3 Å². The molecule has 0 atom stereocenters. The first-order valence-corrected chi connectivity index (χ1v) is 3.47. The minimum atomic E-state index is 0.240. The zero-order valence-electron chi connectivity index (χ0n) is 7.54. The molecule has 0 bridgehead atoms. The molecule has 0 aliphatic rings. The predicted molar refractivity (Wildman–Crippen MR) is 43.0 cm³/mol. The molecular formula is C9H14N+. The molecule has 0 fully saturated rings. The Bertz CT molecular complexity index is 213. The fourth-order valence-electron chi connectivity index (χ4n) is 0.949. The normalized spacial score (nSPS) is 12.8. The molecule has 0 radical (unpaired) electrons. The van der Waals surface area contributed by atoms with Crippen molar-refractivity contribution in [3.63, 3.8) is 0 Å². The van der Waals surface area contributed by atoms with E-state index in [9.17, 15) is 0 Å². The highest BCUT2D eigenvalue weighted by atomic mass is 15.0. The molecule has 0 amide bonds. The molecule has 10 heavy (non-hydrogen) atoms. The van der Waals surface area contributed by atoms with E-state index in [1.165, 1.54) is 5.56 Å². The van der Waals surface area contributed by atoms with Gasteiger partial charge in [-0.15, -0.1) is 0 Å². The average molecular weight is 138 g/mol. The van der Waals surface area contributed by atoms with Crippen LogP contribution in [0.4, 0.5) is 0 Å². The minimum Gasteiger partial charge on any atom is -0.336 e. The van der Waals surface area contributed by atoms with E-state index in [4.69, 9.17) is 1.41 Å². The molecule has 1 N–H and O–H groups in total. The third-order valence-electron chi connectivity index (χ3n) is 1.34. The van der Waals surface area contributed by atoms with Crippen LogP contribution in [0.3, 0.4) is 0 Å². The van der Waals surface area contributed by atoms with Crippen molar-refractivity contribution in [1.82, 2.24) is 0 Å². The van der Waals surface area contributed by atoms with E-state index in [1.807, 2.05) is 32.3 Å². The number of hydrogen-bond acceptors (Lipinski definition) is 0. The van der Waals surface area contributed by atoms with Crippen LogP contribution in [-0.4, -0.2) is 14.1 Å². The molecule has 0 saturated carbocycles. The van der Waals surface area contributed by atoms with E-state index in [1.54, 1.807) is 0 Å². The van der Waals surface area contributed by atoms with Gasteiger partial charge in [0.15, 0.2) is 0 Å². The summed E-state index contributed by atoms with van der Waals surface area (Å²) < 4.78 is 7.61. The van der Waals surface area contributed by atoms with Crippen molar-refractivity contribution >= 4 is 0 Å². The van der Waals surface area contributed by atoms with Crippen molar-refractivity contribution in [1.29, 1.82) is 0 Å². The first-order valence-electron chi connectivity index (χ1n) is 3.92. The maximum absolute atomic E-state index is 7.61. The first-order chi connectivity index (χ1) is 5.08. The van der Waals surface area contributed by atoms with E-state index in [2.05, 4.69) is 12.1 Å². The Kier molecular flexibility index (Phi) is 2.00. The Hall–Kier alpha value is -0.820. The summed E-state index contributed by atoms with van der Waals surface area (Å²) in [6.07, 6.45) is 0. The van der Waals surface area contributed by atoms with Crippen LogP contribution in [-0.2, 0) is 6.54 Å². The van der Waals surface area contributed by atoms with Crippen LogP contribution in [0, 0.1) is 0 Å². The van der Waals surface area contributed by atoms with Gasteiger partial charge in [-0.3, -0.25) is 0 Å². The molecule has 0 aliphatic heterocycles. The zero-order valence-corrected chi connectivity index (χ0v) is 6.54. The Morgan fingerprint density at radius 2 is 1.90 bits per heavy atom. The smallest absolute Gasteiger partial charge is 0.336 e. The van der Waals surface area contributed by atoms with Crippen molar-refractivity contribution < 1.29 is 6.30 Å². The standard InChI is InChI=1S/C9H13N/c1-10(2)8-9-6-4-3-5-7-9/h3-7H,8H2,1-2H3/p+1/i/hT. The molecule has 1 aromatic carbocycles. The van der Waals surface area contributed by atoms with Gasteiger partial charge < -0.3 is 4.89 Å². The molecule has 0 spiro atoms. The lowest BCUT2D eigenvalue weighted by molar-refractivity contribution is -0.872. The molecule has 0 heterocycles. The molecule has 1 aromatic rings. The summed E-state index contributed by atoms with van der Waals surface area (Å²) in [6, 6.07) is 10.1. The third kappa shape index (κ3) is 2.19. The van der Waals surface area contributed by atoms with Crippen LogP contribution in [0.1, 0.15) is 5.56 Å². The van der Waals surface area contributed by atoms with Gasteiger partial charge in [0.1, 0.15) is 6.54 Å². The monoisotopic (exact) mass is 138 g/mol. The van der Waals surface area contributed by atoms with E-state index < -0.39 is 0 Å². The Morgan fingerprint density at radius 1 is 1.30 bits per heavy atom. The van der Waals surface area contributed by atoms with Gasteiger partial charge in [-0.25, -0.2) is 0 Å². The molecule has 1 heteroatoms. The van der Waals surface area contributed by atoms with Crippen LogP contribution in [0.25, 0.3) is 0 Å². The van der Waals surface area contributed by atoms with Crippen molar-refractivity contribution in [3.05, 3.63) is 35.9 Å². The summed E-state index contributed by atoms with van der Waals surface area (Å²) in [6.45, 7) is 0.765. The molecule has 54 valence electrons. The fraction of sp³-hybridized carbons (Fsp3) is 0.333. The van der Waals surface area contributed by atoms with Crippen LogP contribution >= 0.6 is 0 Å². The number of benzene rings is 1. The van der Waals surface area contributed by atoms with Crippen molar-refractivity contribution in [2.75, 3.05) is 14.1 Å². The van der Waals surface area contributed by atoms with Gasteiger partial charge in [0.2, 0.25) is 0 Å². The van der Waals surface area contributed by atoms with Gasteiger partial charge in [0.05, 0.1) is 14.1 Å². The molecule has 1 rings (SSSR count). The summed E-state index contributed by atoms with van der Waals surface area (Å²) in [4.78, 5) is 0.240. The molecule has 0 saturated heterocycles. The van der Waals surface area contributed by atoms with E-state index >= 15 is 0 Å². The van der Waals surface area contributed by atoms with Gasteiger partial charge >= 0.3 is 1.41 Å². The first kappa shape index (κ1) is 5.93. The number of quaternary nitrogens is 1. The third-order valence-corrected chi connectivity index (χ3v) is 1.34. The highest BCUT2D eigenvalue weighted by Crippen LogP contribution is 1.94. The lowest BCUT2D eigenvalue weighted by atomic mass is 10.2.